The summed E-state index contributed by atoms with van der Waals surface area (Å²) in [7, 11) is 0. The average molecular weight is 342 g/mol. The first-order chi connectivity index (χ1) is 7.33. The Bertz CT molecular complexity index is 81.7. The summed E-state index contributed by atoms with van der Waals surface area (Å²) in [6, 6.07) is 0. The summed E-state index contributed by atoms with van der Waals surface area (Å²) in [6.45, 7) is 7.35. The Balaban J connectivity index is 0. The van der Waals surface area contributed by atoms with Gasteiger partial charge in [0.05, 0.1) is 18.5 Å². The zero-order valence-electron chi connectivity index (χ0n) is 10.7. The summed E-state index contributed by atoms with van der Waals surface area (Å²) in [5.74, 6) is 0. The van der Waals surface area contributed by atoms with Crippen molar-refractivity contribution >= 4 is 33.0 Å². The zero-order chi connectivity index (χ0) is 11.8. The minimum absolute atomic E-state index is 0.149. The van der Waals surface area contributed by atoms with Gasteiger partial charge in [0.15, 0.2) is 0 Å². The van der Waals surface area contributed by atoms with E-state index in [0.717, 1.165) is 12.8 Å². The summed E-state index contributed by atoms with van der Waals surface area (Å²) in [5.41, 5.74) is 0. The third-order valence-electron chi connectivity index (χ3n) is 1.99. The SMILES string of the molecule is CCCCOCl.CCC[CH2][Sn][CH2]CCC. The molecule has 0 aromatic carbocycles. The van der Waals surface area contributed by atoms with Gasteiger partial charge in [-0.15, -0.1) is 0 Å². The molecule has 0 N–H and O–H groups in total. The Kier molecular flexibility index (Phi) is 25.1. The summed E-state index contributed by atoms with van der Waals surface area (Å²) < 4.78 is 7.50. The topological polar surface area (TPSA) is 9.23 Å². The van der Waals surface area contributed by atoms with Crippen LogP contribution in [0, 0.1) is 0 Å². The quantitative estimate of drug-likeness (QED) is 0.419. The molecular weight excluding hydrogens is 314 g/mol. The maximum atomic E-state index is 4.88. The molecule has 0 heterocycles. The van der Waals surface area contributed by atoms with Crippen LogP contribution in [0.25, 0.3) is 0 Å². The molecule has 0 fully saturated rings. The number of hydrogen-bond acceptors (Lipinski definition) is 1. The molecule has 0 rings (SSSR count). The molecule has 0 aromatic heterocycles. The predicted octanol–water partition coefficient (Wildman–Crippen LogP) is 5.08. The van der Waals surface area contributed by atoms with Gasteiger partial charge in [0.2, 0.25) is 0 Å². The van der Waals surface area contributed by atoms with Crippen LogP contribution < -0.4 is 0 Å². The van der Waals surface area contributed by atoms with Crippen molar-refractivity contribution in [3.05, 3.63) is 0 Å². The van der Waals surface area contributed by atoms with Crippen LogP contribution in [0.2, 0.25) is 8.87 Å². The van der Waals surface area contributed by atoms with E-state index in [2.05, 4.69) is 25.1 Å². The number of hydrogen-bond donors (Lipinski definition) is 0. The van der Waals surface area contributed by atoms with Crippen molar-refractivity contribution in [3.63, 3.8) is 0 Å². The molecule has 0 spiro atoms. The molecule has 0 aliphatic rings. The van der Waals surface area contributed by atoms with E-state index in [0.29, 0.717) is 6.61 Å². The van der Waals surface area contributed by atoms with Crippen LogP contribution in [-0.2, 0) is 4.29 Å². The van der Waals surface area contributed by atoms with E-state index in [1.807, 2.05) is 0 Å². The van der Waals surface area contributed by atoms with Gasteiger partial charge >= 0.3 is 69.5 Å². The second-order valence-corrected chi connectivity index (χ2v) is 8.12. The van der Waals surface area contributed by atoms with Gasteiger partial charge in [0.25, 0.3) is 0 Å². The van der Waals surface area contributed by atoms with Gasteiger partial charge < -0.3 is 0 Å². The van der Waals surface area contributed by atoms with Gasteiger partial charge in [-0.3, -0.25) is 4.29 Å². The molecule has 0 bridgehead atoms. The molecule has 92 valence electrons. The Morgan fingerprint density at radius 1 is 0.867 bits per heavy atom. The van der Waals surface area contributed by atoms with Gasteiger partial charge in [0.1, 0.15) is 0 Å². The van der Waals surface area contributed by atoms with E-state index in [4.69, 9.17) is 11.9 Å². The first kappa shape index (κ1) is 18.4. The third-order valence-corrected chi connectivity index (χ3v) is 6.18. The van der Waals surface area contributed by atoms with Crippen molar-refractivity contribution in [1.29, 1.82) is 0 Å². The molecule has 0 aliphatic heterocycles. The number of halogens is 1. The fourth-order valence-electron chi connectivity index (χ4n) is 0.927. The van der Waals surface area contributed by atoms with Crippen molar-refractivity contribution in [2.45, 2.75) is 68.2 Å². The van der Waals surface area contributed by atoms with Gasteiger partial charge in [-0.05, 0) is 6.42 Å². The summed E-state index contributed by atoms with van der Waals surface area (Å²) in [6.07, 6.45) is 8.04. The van der Waals surface area contributed by atoms with Crippen LogP contribution in [-0.4, -0.2) is 27.7 Å². The molecule has 2 radical (unpaired) electrons. The minimum atomic E-state index is 0.149. The van der Waals surface area contributed by atoms with Crippen molar-refractivity contribution in [2.75, 3.05) is 6.61 Å². The predicted molar refractivity (Wildman–Crippen MR) is 71.9 cm³/mol. The van der Waals surface area contributed by atoms with Gasteiger partial charge in [-0.25, -0.2) is 0 Å². The number of unbranched alkanes of at least 4 members (excludes halogenated alkanes) is 3. The van der Waals surface area contributed by atoms with E-state index >= 15 is 0 Å². The van der Waals surface area contributed by atoms with Gasteiger partial charge in [-0.1, -0.05) is 13.3 Å². The first-order valence-electron chi connectivity index (χ1n) is 6.27. The van der Waals surface area contributed by atoms with E-state index in [-0.39, 0.29) is 21.1 Å². The van der Waals surface area contributed by atoms with Gasteiger partial charge in [0, 0.05) is 0 Å². The molecule has 0 atom stereocenters. The molecule has 15 heavy (non-hydrogen) atoms. The summed E-state index contributed by atoms with van der Waals surface area (Å²) in [5, 5.41) is 0. The fourth-order valence-corrected chi connectivity index (χ4v) is 5.20. The molecule has 0 saturated carbocycles. The molecule has 0 aliphatic carbocycles. The van der Waals surface area contributed by atoms with Crippen LogP contribution >= 0.6 is 11.9 Å². The van der Waals surface area contributed by atoms with Crippen molar-refractivity contribution in [3.8, 4) is 0 Å². The van der Waals surface area contributed by atoms with Crippen LogP contribution in [0.4, 0.5) is 0 Å². The van der Waals surface area contributed by atoms with Crippen molar-refractivity contribution < 1.29 is 4.29 Å². The second kappa shape index (κ2) is 20.5. The van der Waals surface area contributed by atoms with E-state index in [1.54, 1.807) is 8.87 Å². The molecule has 1 nitrogen and oxygen atoms in total. The molecule has 0 amide bonds. The van der Waals surface area contributed by atoms with E-state index < -0.39 is 0 Å². The second-order valence-electron chi connectivity index (χ2n) is 3.62. The zero-order valence-corrected chi connectivity index (χ0v) is 14.3. The Morgan fingerprint density at radius 3 is 1.60 bits per heavy atom. The Labute approximate surface area is 112 Å². The van der Waals surface area contributed by atoms with E-state index in [9.17, 15) is 0 Å². The summed E-state index contributed by atoms with van der Waals surface area (Å²) in [4.78, 5) is 0. The van der Waals surface area contributed by atoms with E-state index in [1.165, 1.54) is 25.7 Å². The average Bonchev–Trinajstić information content (AvgIpc) is 2.27. The normalized spacial score (nSPS) is 9.60. The molecule has 0 aromatic rings. The Morgan fingerprint density at radius 2 is 1.33 bits per heavy atom. The monoisotopic (exact) mass is 342 g/mol. The van der Waals surface area contributed by atoms with Crippen LogP contribution in [0.15, 0.2) is 0 Å². The van der Waals surface area contributed by atoms with Crippen molar-refractivity contribution in [1.82, 2.24) is 0 Å². The first-order valence-corrected chi connectivity index (χ1v) is 10.6. The fraction of sp³-hybridized carbons (Fsp3) is 1.00. The number of rotatable bonds is 9. The van der Waals surface area contributed by atoms with Crippen LogP contribution in [0.3, 0.4) is 0 Å². The van der Waals surface area contributed by atoms with Crippen LogP contribution in [0.5, 0.6) is 0 Å². The molecule has 0 saturated heterocycles. The Hall–Kier alpha value is 1.05. The van der Waals surface area contributed by atoms with Gasteiger partial charge in [-0.2, -0.15) is 0 Å². The maximum absolute atomic E-state index is 4.88. The van der Waals surface area contributed by atoms with Crippen LogP contribution in [0.1, 0.15) is 59.3 Å². The van der Waals surface area contributed by atoms with Crippen molar-refractivity contribution in [2.24, 2.45) is 0 Å². The summed E-state index contributed by atoms with van der Waals surface area (Å²) >= 11 is 5.03. The third kappa shape index (κ3) is 25.4. The molecule has 3 heteroatoms. The standard InChI is InChI=1S/C4H9ClO.2C4H9.Sn/c1-2-3-4-6-5;2*1-3-4-2;/h2-4H2,1H3;2*1,3-4H2,2H3;. The molecular formula is C12H27ClOSn. The molecule has 0 unspecified atom stereocenters.